The van der Waals surface area contributed by atoms with Crippen LogP contribution in [0.2, 0.25) is 0 Å². The molecule has 0 radical (unpaired) electrons. The quantitative estimate of drug-likeness (QED) is 0.841. The van der Waals surface area contributed by atoms with E-state index in [1.54, 1.807) is 13.2 Å². The Bertz CT molecular complexity index is 717. The molecule has 0 unspecified atom stereocenters. The van der Waals surface area contributed by atoms with Gasteiger partial charge in [0.1, 0.15) is 11.6 Å². The van der Waals surface area contributed by atoms with E-state index in [0.29, 0.717) is 12.3 Å². The first-order valence-electron chi connectivity index (χ1n) is 7.53. The summed E-state index contributed by atoms with van der Waals surface area (Å²) in [5.74, 6) is 0.813. The Morgan fingerprint density at radius 1 is 1.21 bits per heavy atom. The number of methoxy groups -OCH3 is 1. The van der Waals surface area contributed by atoms with E-state index in [-0.39, 0.29) is 17.8 Å². The second-order valence-corrected chi connectivity index (χ2v) is 5.58. The lowest BCUT2D eigenvalue weighted by atomic mass is 10.2. The lowest BCUT2D eigenvalue weighted by Crippen LogP contribution is -2.15. The molecule has 3 rings (SSSR count). The maximum atomic E-state index is 13.0. The van der Waals surface area contributed by atoms with Crippen molar-refractivity contribution in [2.45, 2.75) is 31.6 Å². The van der Waals surface area contributed by atoms with Gasteiger partial charge in [0.15, 0.2) is 5.69 Å². The third-order valence-electron chi connectivity index (χ3n) is 3.53. The molecule has 1 aromatic carbocycles. The predicted octanol–water partition coefficient (Wildman–Crippen LogP) is 3.69. The molecule has 2 aromatic rings. The molecule has 1 heterocycles. The van der Waals surface area contributed by atoms with Crippen molar-refractivity contribution in [2.24, 2.45) is 0 Å². The zero-order chi connectivity index (χ0) is 17.2. The second-order valence-electron chi connectivity index (χ2n) is 5.58. The first-order chi connectivity index (χ1) is 11.4. The maximum absolute atomic E-state index is 13.0. The Labute approximate surface area is 137 Å². The van der Waals surface area contributed by atoms with Gasteiger partial charge in [0, 0.05) is 18.7 Å². The zero-order valence-electron chi connectivity index (χ0n) is 13.0. The molecule has 0 amide bonds. The number of alkyl halides is 3. The highest BCUT2D eigenvalue weighted by Gasteiger charge is 2.34. The molecule has 5 nitrogen and oxygen atoms in total. The molecule has 0 spiro atoms. The fourth-order valence-corrected chi connectivity index (χ4v) is 2.13. The van der Waals surface area contributed by atoms with Crippen molar-refractivity contribution < 1.29 is 17.9 Å². The van der Waals surface area contributed by atoms with Crippen LogP contribution < -0.4 is 15.4 Å². The highest BCUT2D eigenvalue weighted by Crippen LogP contribution is 2.31. The number of anilines is 2. The molecule has 1 aromatic heterocycles. The Balaban J connectivity index is 1.77. The van der Waals surface area contributed by atoms with Crippen molar-refractivity contribution in [1.29, 1.82) is 0 Å². The van der Waals surface area contributed by atoms with Crippen LogP contribution in [0, 0.1) is 0 Å². The van der Waals surface area contributed by atoms with Crippen LogP contribution in [0.15, 0.2) is 30.3 Å². The summed E-state index contributed by atoms with van der Waals surface area (Å²) in [5, 5.41) is 5.82. The summed E-state index contributed by atoms with van der Waals surface area (Å²) >= 11 is 0. The fraction of sp³-hybridized carbons (Fsp3) is 0.375. The normalized spacial score (nSPS) is 14.3. The van der Waals surface area contributed by atoms with Gasteiger partial charge < -0.3 is 15.4 Å². The van der Waals surface area contributed by atoms with E-state index in [4.69, 9.17) is 4.74 Å². The number of hydrogen-bond acceptors (Lipinski definition) is 5. The molecule has 0 aliphatic heterocycles. The summed E-state index contributed by atoms with van der Waals surface area (Å²) in [6, 6.07) is 8.36. The van der Waals surface area contributed by atoms with Gasteiger partial charge in [-0.05, 0) is 30.5 Å². The molecule has 1 fully saturated rings. The highest BCUT2D eigenvalue weighted by atomic mass is 19.4. The third kappa shape index (κ3) is 4.27. The van der Waals surface area contributed by atoms with E-state index < -0.39 is 11.9 Å². The molecule has 1 saturated carbocycles. The maximum Gasteiger partial charge on any atom is 0.433 e. The van der Waals surface area contributed by atoms with Crippen molar-refractivity contribution in [2.75, 3.05) is 17.7 Å². The lowest BCUT2D eigenvalue weighted by molar-refractivity contribution is -0.141. The first kappa shape index (κ1) is 16.4. The first-order valence-corrected chi connectivity index (χ1v) is 7.53. The van der Waals surface area contributed by atoms with Crippen molar-refractivity contribution in [3.63, 3.8) is 0 Å². The van der Waals surface area contributed by atoms with Crippen molar-refractivity contribution in [3.05, 3.63) is 41.6 Å². The van der Waals surface area contributed by atoms with E-state index in [1.165, 1.54) is 0 Å². The topological polar surface area (TPSA) is 59.1 Å². The average Bonchev–Trinajstić information content (AvgIpc) is 3.36. The smallest absolute Gasteiger partial charge is 0.433 e. The summed E-state index contributed by atoms with van der Waals surface area (Å²) < 4.78 is 44.1. The van der Waals surface area contributed by atoms with E-state index in [2.05, 4.69) is 20.6 Å². The minimum atomic E-state index is -4.52. The molecule has 2 N–H and O–H groups in total. The van der Waals surface area contributed by atoms with Crippen LogP contribution in [0.5, 0.6) is 5.75 Å². The highest BCUT2D eigenvalue weighted by molar-refractivity contribution is 5.45. The van der Waals surface area contributed by atoms with Crippen LogP contribution in [0.25, 0.3) is 0 Å². The molecule has 0 atom stereocenters. The number of rotatable bonds is 6. The van der Waals surface area contributed by atoms with Crippen LogP contribution >= 0.6 is 0 Å². The minimum absolute atomic E-state index is 0.000433. The van der Waals surface area contributed by atoms with Gasteiger partial charge in [0.25, 0.3) is 0 Å². The van der Waals surface area contributed by atoms with Gasteiger partial charge in [-0.25, -0.2) is 4.98 Å². The Morgan fingerprint density at radius 2 is 2.00 bits per heavy atom. The standard InChI is InChI=1S/C16H17F3N4O/c1-24-12-4-2-3-10(7-12)9-20-14-8-13(16(17,18)19)22-15(23-14)21-11-5-6-11/h2-4,7-8,11H,5-6,9H2,1H3,(H2,20,21,22,23). The summed E-state index contributed by atoms with van der Waals surface area (Å²) in [6.07, 6.45) is -2.67. The van der Waals surface area contributed by atoms with Crippen LogP contribution in [0.4, 0.5) is 24.9 Å². The van der Waals surface area contributed by atoms with Crippen molar-refractivity contribution in [1.82, 2.24) is 9.97 Å². The minimum Gasteiger partial charge on any atom is -0.497 e. The van der Waals surface area contributed by atoms with Crippen LogP contribution in [-0.4, -0.2) is 23.1 Å². The number of aromatic nitrogens is 2. The van der Waals surface area contributed by atoms with Crippen LogP contribution in [0.3, 0.4) is 0 Å². The molecular formula is C16H17F3N4O. The molecule has 8 heteroatoms. The van der Waals surface area contributed by atoms with Crippen molar-refractivity contribution >= 4 is 11.8 Å². The third-order valence-corrected chi connectivity index (χ3v) is 3.53. The molecular weight excluding hydrogens is 321 g/mol. The monoisotopic (exact) mass is 338 g/mol. The molecule has 128 valence electrons. The SMILES string of the molecule is COc1cccc(CNc2cc(C(F)(F)F)nc(NC3CC3)n2)c1. The van der Waals surface area contributed by atoms with Gasteiger partial charge >= 0.3 is 6.18 Å². The average molecular weight is 338 g/mol. The van der Waals surface area contributed by atoms with Crippen LogP contribution in [-0.2, 0) is 12.7 Å². The van der Waals surface area contributed by atoms with Gasteiger partial charge in [0.05, 0.1) is 7.11 Å². The van der Waals surface area contributed by atoms with E-state index >= 15 is 0 Å². The van der Waals surface area contributed by atoms with Gasteiger partial charge in [0.2, 0.25) is 5.95 Å². The summed E-state index contributed by atoms with van der Waals surface area (Å²) in [5.41, 5.74) is -0.0907. The summed E-state index contributed by atoms with van der Waals surface area (Å²) in [6.45, 7) is 0.328. The largest absolute Gasteiger partial charge is 0.497 e. The number of hydrogen-bond donors (Lipinski definition) is 2. The van der Waals surface area contributed by atoms with Gasteiger partial charge in [-0.3, -0.25) is 0 Å². The second kappa shape index (κ2) is 6.54. The van der Waals surface area contributed by atoms with E-state index in [9.17, 15) is 13.2 Å². The molecule has 0 bridgehead atoms. The number of halogens is 3. The van der Waals surface area contributed by atoms with Gasteiger partial charge in [-0.1, -0.05) is 12.1 Å². The predicted molar refractivity (Wildman–Crippen MR) is 84.0 cm³/mol. The van der Waals surface area contributed by atoms with E-state index in [1.807, 2.05) is 18.2 Å². The van der Waals surface area contributed by atoms with E-state index in [0.717, 1.165) is 24.5 Å². The Kier molecular flexibility index (Phi) is 4.46. The van der Waals surface area contributed by atoms with Gasteiger partial charge in [-0.2, -0.15) is 18.2 Å². The summed E-state index contributed by atoms with van der Waals surface area (Å²) in [4.78, 5) is 7.68. The zero-order valence-corrected chi connectivity index (χ0v) is 13.0. The number of benzene rings is 1. The molecule has 24 heavy (non-hydrogen) atoms. The fourth-order valence-electron chi connectivity index (χ4n) is 2.13. The Hall–Kier alpha value is -2.51. The molecule has 0 saturated heterocycles. The number of nitrogens with zero attached hydrogens (tertiary/aromatic N) is 2. The summed E-state index contributed by atoms with van der Waals surface area (Å²) in [7, 11) is 1.56. The van der Waals surface area contributed by atoms with Gasteiger partial charge in [-0.15, -0.1) is 0 Å². The van der Waals surface area contributed by atoms with Crippen molar-refractivity contribution in [3.8, 4) is 5.75 Å². The molecule has 1 aliphatic rings. The number of nitrogens with one attached hydrogen (secondary N) is 2. The lowest BCUT2D eigenvalue weighted by Gasteiger charge is -2.13. The number of ether oxygens (including phenoxy) is 1. The Morgan fingerprint density at radius 3 is 2.67 bits per heavy atom. The van der Waals surface area contributed by atoms with Crippen LogP contribution in [0.1, 0.15) is 24.1 Å². The molecule has 1 aliphatic carbocycles.